The van der Waals surface area contributed by atoms with Gasteiger partial charge in [-0.05, 0) is 36.4 Å². The molecule has 2 N–H and O–H groups in total. The first kappa shape index (κ1) is 21.2. The Balaban J connectivity index is 1.94. The molecule has 2 aromatic carbocycles. The molecule has 3 aromatic rings. The molecule has 1 amide bonds. The lowest BCUT2D eigenvalue weighted by molar-refractivity contribution is -0.137. The molecule has 7 nitrogen and oxygen atoms in total. The quantitative estimate of drug-likeness (QED) is 0.472. The van der Waals surface area contributed by atoms with E-state index in [1.165, 1.54) is 19.2 Å². The number of sulfonamides is 1. The first-order valence-corrected chi connectivity index (χ1v) is 9.94. The third-order valence-electron chi connectivity index (χ3n) is 3.90. The van der Waals surface area contributed by atoms with Gasteiger partial charge in [0.25, 0.3) is 10.0 Å². The Hall–Kier alpha value is -3.47. The number of fused-ring (bicyclic) bond motifs is 1. The minimum Gasteiger partial charge on any atom is -0.277 e. The molecule has 0 bridgehead atoms. The monoisotopic (exact) mass is 436 g/mol. The van der Waals surface area contributed by atoms with E-state index in [1.807, 2.05) is 0 Å². The van der Waals surface area contributed by atoms with E-state index in [4.69, 9.17) is 0 Å². The van der Waals surface area contributed by atoms with Gasteiger partial charge in [-0.2, -0.15) is 18.3 Å². The predicted molar refractivity (Wildman–Crippen MR) is 105 cm³/mol. The molecule has 30 heavy (non-hydrogen) atoms. The van der Waals surface area contributed by atoms with Crippen molar-refractivity contribution in [2.75, 3.05) is 4.72 Å². The van der Waals surface area contributed by atoms with Gasteiger partial charge in [-0.1, -0.05) is 18.2 Å². The number of anilines is 1. The van der Waals surface area contributed by atoms with Crippen molar-refractivity contribution in [3.05, 3.63) is 65.9 Å². The first-order valence-electron chi connectivity index (χ1n) is 8.46. The smallest absolute Gasteiger partial charge is 0.277 e. The molecule has 1 aromatic heterocycles. The van der Waals surface area contributed by atoms with Gasteiger partial charge in [-0.3, -0.25) is 9.52 Å². The number of nitrogens with one attached hydrogen (secondary N) is 2. The fourth-order valence-corrected chi connectivity index (χ4v) is 3.60. The molecule has 1 heterocycles. The molecule has 0 aliphatic heterocycles. The van der Waals surface area contributed by atoms with Gasteiger partial charge in [0, 0.05) is 12.3 Å². The van der Waals surface area contributed by atoms with Gasteiger partial charge in [0.15, 0.2) is 0 Å². The second-order valence-corrected chi connectivity index (χ2v) is 7.85. The number of halogens is 3. The van der Waals surface area contributed by atoms with Crippen LogP contribution in [0.1, 0.15) is 18.2 Å². The molecule has 3 rings (SSSR count). The molecule has 0 unspecified atom stereocenters. The summed E-state index contributed by atoms with van der Waals surface area (Å²) in [6.45, 7) is 1.29. The highest BCUT2D eigenvalue weighted by Gasteiger charge is 2.30. The van der Waals surface area contributed by atoms with Crippen molar-refractivity contribution in [3.8, 4) is 0 Å². The van der Waals surface area contributed by atoms with E-state index >= 15 is 0 Å². The lowest BCUT2D eigenvalue weighted by atomic mass is 10.2. The Bertz CT molecular complexity index is 1220. The van der Waals surface area contributed by atoms with Crippen LogP contribution in [-0.2, 0) is 21.0 Å². The van der Waals surface area contributed by atoms with Crippen molar-refractivity contribution >= 4 is 38.7 Å². The highest BCUT2D eigenvalue weighted by atomic mass is 32.2. The van der Waals surface area contributed by atoms with Crippen LogP contribution < -0.4 is 10.1 Å². The minimum absolute atomic E-state index is 0.141. The van der Waals surface area contributed by atoms with Crippen LogP contribution >= 0.6 is 0 Å². The Morgan fingerprint density at radius 2 is 1.77 bits per heavy atom. The first-order chi connectivity index (χ1) is 14.1. The maximum atomic E-state index is 12.7. The third kappa shape index (κ3) is 4.92. The summed E-state index contributed by atoms with van der Waals surface area (Å²) in [5.74, 6) is -0.364. The summed E-state index contributed by atoms with van der Waals surface area (Å²) < 4.78 is 65.7. The lowest BCUT2D eigenvalue weighted by Gasteiger charge is -2.12. The zero-order chi connectivity index (χ0) is 21.9. The second kappa shape index (κ2) is 8.11. The summed E-state index contributed by atoms with van der Waals surface area (Å²) >= 11 is 0. The van der Waals surface area contributed by atoms with Gasteiger partial charge in [-0.15, -0.1) is 0 Å². The summed E-state index contributed by atoms with van der Waals surface area (Å²) in [5, 5.41) is 4.33. The van der Waals surface area contributed by atoms with Crippen LogP contribution in [0.3, 0.4) is 0 Å². The molecular formula is C19H15F3N4O3S. The number of hydrogen-bond donors (Lipinski definition) is 2. The summed E-state index contributed by atoms with van der Waals surface area (Å²) in [4.78, 5) is 14.9. The average molecular weight is 436 g/mol. The summed E-state index contributed by atoms with van der Waals surface area (Å²) in [5.41, 5.74) is 2.09. The van der Waals surface area contributed by atoms with Crippen molar-refractivity contribution in [1.29, 1.82) is 0 Å². The molecule has 0 fully saturated rings. The van der Waals surface area contributed by atoms with Gasteiger partial charge in [-0.25, -0.2) is 18.8 Å². The predicted octanol–water partition coefficient (Wildman–Crippen LogP) is 3.52. The number of hydrogen-bond acceptors (Lipinski definition) is 5. The number of nitrogens with zero attached hydrogens (tertiary/aromatic N) is 2. The number of amides is 1. The molecule has 0 aliphatic rings. The number of benzene rings is 2. The number of rotatable bonds is 5. The number of carbonyl (C=O) groups is 1. The van der Waals surface area contributed by atoms with Gasteiger partial charge < -0.3 is 0 Å². The van der Waals surface area contributed by atoms with Crippen LogP contribution in [0.2, 0.25) is 0 Å². The van der Waals surface area contributed by atoms with Crippen LogP contribution in [0, 0.1) is 0 Å². The van der Waals surface area contributed by atoms with Gasteiger partial charge in [0.1, 0.15) is 0 Å². The van der Waals surface area contributed by atoms with Crippen molar-refractivity contribution in [2.45, 2.75) is 18.0 Å². The molecule has 0 radical (unpaired) electrons. The summed E-state index contributed by atoms with van der Waals surface area (Å²) in [7, 11) is -4.16. The van der Waals surface area contributed by atoms with Crippen molar-refractivity contribution in [3.63, 3.8) is 0 Å². The van der Waals surface area contributed by atoms with Crippen molar-refractivity contribution in [2.24, 2.45) is 5.10 Å². The Kier molecular flexibility index (Phi) is 5.74. The normalized spacial score (nSPS) is 12.3. The zero-order valence-electron chi connectivity index (χ0n) is 15.4. The summed E-state index contributed by atoms with van der Waals surface area (Å²) in [6.07, 6.45) is -3.27. The average Bonchev–Trinajstić information content (AvgIpc) is 2.67. The third-order valence-corrected chi connectivity index (χ3v) is 5.28. The minimum atomic E-state index is -4.57. The topological polar surface area (TPSA) is 101 Å². The largest absolute Gasteiger partial charge is 0.416 e. The number of hydrazone groups is 1. The SMILES string of the molecule is CC(=O)N/N=C/c1ccc2cccc(NS(=O)(=O)c3ccc(C(F)(F)F)cc3)c2n1. The Morgan fingerprint density at radius 3 is 2.40 bits per heavy atom. The molecule has 0 aliphatic carbocycles. The van der Waals surface area contributed by atoms with Gasteiger partial charge in [0.2, 0.25) is 5.91 Å². The van der Waals surface area contributed by atoms with E-state index in [2.05, 4.69) is 20.2 Å². The van der Waals surface area contributed by atoms with E-state index in [1.54, 1.807) is 24.3 Å². The Labute approximate surface area is 169 Å². The molecule has 0 saturated heterocycles. The van der Waals surface area contributed by atoms with E-state index in [-0.39, 0.29) is 16.5 Å². The van der Waals surface area contributed by atoms with Crippen molar-refractivity contribution in [1.82, 2.24) is 10.4 Å². The van der Waals surface area contributed by atoms with E-state index in [0.717, 1.165) is 12.1 Å². The number of para-hydroxylation sites is 1. The molecule has 156 valence electrons. The number of pyridine rings is 1. The van der Waals surface area contributed by atoms with Crippen LogP contribution in [-0.4, -0.2) is 25.5 Å². The van der Waals surface area contributed by atoms with Gasteiger partial charge >= 0.3 is 6.18 Å². The number of aromatic nitrogens is 1. The van der Waals surface area contributed by atoms with E-state index in [9.17, 15) is 26.4 Å². The van der Waals surface area contributed by atoms with Gasteiger partial charge in [0.05, 0.1) is 33.6 Å². The van der Waals surface area contributed by atoms with Crippen LogP contribution in [0.5, 0.6) is 0 Å². The number of carbonyl (C=O) groups excluding carboxylic acids is 1. The van der Waals surface area contributed by atoms with E-state index in [0.29, 0.717) is 28.7 Å². The summed E-state index contributed by atoms with van der Waals surface area (Å²) in [6, 6.07) is 11.3. The van der Waals surface area contributed by atoms with E-state index < -0.39 is 21.8 Å². The Morgan fingerprint density at radius 1 is 1.07 bits per heavy atom. The standard InChI is InChI=1S/C19H15F3N4O3S/c1-12(27)25-23-11-15-8-5-13-3-2-4-17(18(13)24-15)26-30(28,29)16-9-6-14(7-10-16)19(20,21)22/h2-11,26H,1H3,(H,25,27)/b23-11+. The molecule has 0 saturated carbocycles. The molecule has 0 spiro atoms. The fourth-order valence-electron chi connectivity index (χ4n) is 2.53. The van der Waals surface area contributed by atoms with Crippen molar-refractivity contribution < 1.29 is 26.4 Å². The lowest BCUT2D eigenvalue weighted by Crippen LogP contribution is -2.14. The maximum absolute atomic E-state index is 12.7. The zero-order valence-corrected chi connectivity index (χ0v) is 16.3. The molecule has 11 heteroatoms. The fraction of sp³-hybridized carbons (Fsp3) is 0.105. The maximum Gasteiger partial charge on any atom is 0.416 e. The van der Waals surface area contributed by atoms with Crippen LogP contribution in [0.25, 0.3) is 10.9 Å². The highest BCUT2D eigenvalue weighted by molar-refractivity contribution is 7.92. The van der Waals surface area contributed by atoms with Crippen LogP contribution in [0.4, 0.5) is 18.9 Å². The van der Waals surface area contributed by atoms with Crippen LogP contribution in [0.15, 0.2) is 64.6 Å². The molecular weight excluding hydrogens is 421 g/mol. The second-order valence-electron chi connectivity index (χ2n) is 6.17. The number of alkyl halides is 3. The molecule has 0 atom stereocenters. The highest BCUT2D eigenvalue weighted by Crippen LogP contribution is 2.30.